The van der Waals surface area contributed by atoms with E-state index in [1.807, 2.05) is 30.3 Å². The first kappa shape index (κ1) is 23.2. The zero-order valence-corrected chi connectivity index (χ0v) is 18.7. The van der Waals surface area contributed by atoms with Crippen LogP contribution >= 0.6 is 0 Å². The van der Waals surface area contributed by atoms with Gasteiger partial charge in [-0.2, -0.15) is 13.2 Å². The van der Waals surface area contributed by atoms with Crippen LogP contribution in [0.25, 0.3) is 5.69 Å². The van der Waals surface area contributed by atoms with Gasteiger partial charge in [0.05, 0.1) is 16.8 Å². The lowest BCUT2D eigenvalue weighted by molar-refractivity contribution is -0.137. The minimum absolute atomic E-state index is 0.0136. The molecule has 1 heterocycles. The lowest BCUT2D eigenvalue weighted by Crippen LogP contribution is -2.15. The molecule has 4 rings (SSSR count). The zero-order valence-electron chi connectivity index (χ0n) is 18.7. The van der Waals surface area contributed by atoms with Crippen molar-refractivity contribution in [1.82, 2.24) is 4.57 Å². The summed E-state index contributed by atoms with van der Waals surface area (Å²) in [6.07, 6.45) is -4.51. The van der Waals surface area contributed by atoms with Gasteiger partial charge in [0.15, 0.2) is 0 Å². The maximum Gasteiger partial charge on any atom is 0.418 e. The van der Waals surface area contributed by atoms with Gasteiger partial charge in [0, 0.05) is 23.1 Å². The Hall–Kier alpha value is -4.00. The van der Waals surface area contributed by atoms with Gasteiger partial charge in [-0.05, 0) is 49.7 Å². The van der Waals surface area contributed by atoms with E-state index in [-0.39, 0.29) is 5.69 Å². The molecule has 0 unspecified atom stereocenters. The molecule has 0 bridgehead atoms. The molecule has 4 nitrogen and oxygen atoms in total. The molecule has 0 spiro atoms. The maximum absolute atomic E-state index is 13.6. The summed E-state index contributed by atoms with van der Waals surface area (Å²) in [5, 5.41) is 2.82. The summed E-state index contributed by atoms with van der Waals surface area (Å²) in [7, 11) is 0. The first-order valence-corrected chi connectivity index (χ1v) is 10.7. The topological polar surface area (TPSA) is 43.3 Å². The summed E-state index contributed by atoms with van der Waals surface area (Å²) in [4.78, 5) is 13.0. The van der Waals surface area contributed by atoms with E-state index < -0.39 is 17.6 Å². The van der Waals surface area contributed by atoms with Crippen LogP contribution in [-0.2, 0) is 12.8 Å². The standard InChI is InChI=1S/C27H23F3N2O2/c1-18-15-23(19(2)32(18)25-14-7-6-13-24(25)27(28,29)30)26(33)31-21-11-8-12-22(16-21)34-17-20-9-4-3-5-10-20/h3-16H,17H2,1-2H3,(H,31,33). The fourth-order valence-electron chi connectivity index (χ4n) is 3.87. The molecular weight excluding hydrogens is 441 g/mol. The number of aryl methyl sites for hydroxylation is 1. The van der Waals surface area contributed by atoms with Crippen molar-refractivity contribution in [2.75, 3.05) is 5.32 Å². The number of halogens is 3. The molecule has 174 valence electrons. The van der Waals surface area contributed by atoms with Crippen molar-refractivity contribution in [3.05, 3.63) is 113 Å². The zero-order chi connectivity index (χ0) is 24.3. The second-order valence-electron chi connectivity index (χ2n) is 7.89. The number of carbonyl (C=O) groups is 1. The molecule has 4 aromatic rings. The highest BCUT2D eigenvalue weighted by molar-refractivity contribution is 6.05. The Labute approximate surface area is 195 Å². The van der Waals surface area contributed by atoms with Crippen LogP contribution in [0.5, 0.6) is 5.75 Å². The number of para-hydroxylation sites is 1. The van der Waals surface area contributed by atoms with Crippen LogP contribution in [0.15, 0.2) is 84.9 Å². The van der Waals surface area contributed by atoms with Crippen LogP contribution in [0.1, 0.15) is 32.9 Å². The number of nitrogens with one attached hydrogen (secondary N) is 1. The summed E-state index contributed by atoms with van der Waals surface area (Å²) in [5.41, 5.74) is 2.01. The van der Waals surface area contributed by atoms with E-state index >= 15 is 0 Å². The van der Waals surface area contributed by atoms with E-state index in [2.05, 4.69) is 5.32 Å². The lowest BCUT2D eigenvalue weighted by Gasteiger charge is -2.17. The number of anilines is 1. The normalized spacial score (nSPS) is 11.3. The largest absolute Gasteiger partial charge is 0.489 e. The van der Waals surface area contributed by atoms with Crippen molar-refractivity contribution in [3.63, 3.8) is 0 Å². The summed E-state index contributed by atoms with van der Waals surface area (Å²) in [6, 6.07) is 23.6. The second kappa shape index (κ2) is 9.47. The van der Waals surface area contributed by atoms with Crippen LogP contribution in [-0.4, -0.2) is 10.5 Å². The predicted molar refractivity (Wildman–Crippen MR) is 125 cm³/mol. The molecule has 3 aromatic carbocycles. The van der Waals surface area contributed by atoms with Crippen molar-refractivity contribution < 1.29 is 22.7 Å². The lowest BCUT2D eigenvalue weighted by atomic mass is 10.1. The van der Waals surface area contributed by atoms with Gasteiger partial charge in [-0.1, -0.05) is 48.5 Å². The number of hydrogen-bond acceptors (Lipinski definition) is 2. The molecule has 1 amide bonds. The van der Waals surface area contributed by atoms with Crippen LogP contribution in [0.4, 0.5) is 18.9 Å². The van der Waals surface area contributed by atoms with Gasteiger partial charge < -0.3 is 14.6 Å². The smallest absolute Gasteiger partial charge is 0.418 e. The molecule has 1 aromatic heterocycles. The molecule has 0 radical (unpaired) electrons. The average molecular weight is 464 g/mol. The molecule has 0 aliphatic rings. The van der Waals surface area contributed by atoms with Gasteiger partial charge in [0.2, 0.25) is 0 Å². The molecule has 0 fully saturated rings. The molecule has 34 heavy (non-hydrogen) atoms. The van der Waals surface area contributed by atoms with Gasteiger partial charge in [-0.3, -0.25) is 4.79 Å². The Balaban J connectivity index is 1.55. The maximum atomic E-state index is 13.6. The highest BCUT2D eigenvalue weighted by Gasteiger charge is 2.34. The quantitative estimate of drug-likeness (QED) is 0.336. The second-order valence-corrected chi connectivity index (χ2v) is 7.89. The minimum Gasteiger partial charge on any atom is -0.489 e. The number of alkyl halides is 3. The van der Waals surface area contributed by atoms with Gasteiger partial charge in [-0.25, -0.2) is 0 Å². The summed E-state index contributed by atoms with van der Waals surface area (Å²) < 4.78 is 47.9. The summed E-state index contributed by atoms with van der Waals surface area (Å²) in [5.74, 6) is 0.176. The average Bonchev–Trinajstić information content (AvgIpc) is 3.12. The molecular formula is C27H23F3N2O2. The third-order valence-corrected chi connectivity index (χ3v) is 5.47. The third kappa shape index (κ3) is 4.98. The number of carbonyl (C=O) groups excluding carboxylic acids is 1. The van der Waals surface area contributed by atoms with Crippen molar-refractivity contribution in [2.45, 2.75) is 26.6 Å². The van der Waals surface area contributed by atoms with E-state index in [1.54, 1.807) is 50.2 Å². The molecule has 0 aliphatic heterocycles. The SMILES string of the molecule is Cc1cc(C(=O)Nc2cccc(OCc3ccccc3)c2)c(C)n1-c1ccccc1C(F)(F)F. The first-order valence-electron chi connectivity index (χ1n) is 10.7. The summed E-state index contributed by atoms with van der Waals surface area (Å²) in [6.45, 7) is 3.70. The molecule has 7 heteroatoms. The first-order chi connectivity index (χ1) is 16.2. The Morgan fingerprint density at radius 1 is 0.912 bits per heavy atom. The van der Waals surface area contributed by atoms with Crippen molar-refractivity contribution in [1.29, 1.82) is 0 Å². The third-order valence-electron chi connectivity index (χ3n) is 5.47. The van der Waals surface area contributed by atoms with Crippen LogP contribution in [0.3, 0.4) is 0 Å². The van der Waals surface area contributed by atoms with Crippen LogP contribution in [0.2, 0.25) is 0 Å². The van der Waals surface area contributed by atoms with E-state index in [1.165, 1.54) is 16.7 Å². The van der Waals surface area contributed by atoms with E-state index in [4.69, 9.17) is 4.74 Å². The fraction of sp³-hybridized carbons (Fsp3) is 0.148. The monoisotopic (exact) mass is 464 g/mol. The number of hydrogen-bond donors (Lipinski definition) is 1. The Morgan fingerprint density at radius 3 is 2.35 bits per heavy atom. The fourth-order valence-corrected chi connectivity index (χ4v) is 3.87. The number of nitrogens with zero attached hydrogens (tertiary/aromatic N) is 1. The van der Waals surface area contributed by atoms with Gasteiger partial charge in [0.1, 0.15) is 12.4 Å². The van der Waals surface area contributed by atoms with E-state index in [9.17, 15) is 18.0 Å². The van der Waals surface area contributed by atoms with E-state index in [0.717, 1.165) is 11.6 Å². The molecule has 0 aliphatic carbocycles. The number of benzene rings is 3. The van der Waals surface area contributed by atoms with E-state index in [0.29, 0.717) is 35.0 Å². The van der Waals surface area contributed by atoms with Gasteiger partial charge in [-0.15, -0.1) is 0 Å². The number of rotatable bonds is 6. The number of aromatic nitrogens is 1. The number of amides is 1. The Kier molecular flexibility index (Phi) is 6.45. The predicted octanol–water partition coefficient (Wildman–Crippen LogP) is 6.94. The minimum atomic E-state index is -4.51. The Bertz CT molecular complexity index is 1310. The van der Waals surface area contributed by atoms with Gasteiger partial charge >= 0.3 is 6.18 Å². The van der Waals surface area contributed by atoms with Crippen LogP contribution < -0.4 is 10.1 Å². The van der Waals surface area contributed by atoms with Crippen molar-refractivity contribution >= 4 is 11.6 Å². The Morgan fingerprint density at radius 2 is 1.62 bits per heavy atom. The van der Waals surface area contributed by atoms with Crippen LogP contribution in [0, 0.1) is 13.8 Å². The number of ether oxygens (including phenoxy) is 1. The summed E-state index contributed by atoms with van der Waals surface area (Å²) >= 11 is 0. The molecule has 0 saturated carbocycles. The van der Waals surface area contributed by atoms with Crippen molar-refractivity contribution in [2.24, 2.45) is 0 Å². The molecule has 1 N–H and O–H groups in total. The molecule has 0 atom stereocenters. The van der Waals surface area contributed by atoms with Gasteiger partial charge in [0.25, 0.3) is 5.91 Å². The highest BCUT2D eigenvalue weighted by Crippen LogP contribution is 2.35. The van der Waals surface area contributed by atoms with Crippen molar-refractivity contribution in [3.8, 4) is 11.4 Å². The highest BCUT2D eigenvalue weighted by atomic mass is 19.4. The molecule has 0 saturated heterocycles.